The number of hydrogen-bond donors (Lipinski definition) is 1. The molecule has 0 saturated heterocycles. The van der Waals surface area contributed by atoms with Crippen LogP contribution in [0.15, 0.2) is 82.2 Å². The lowest BCUT2D eigenvalue weighted by atomic mass is 9.99. The van der Waals surface area contributed by atoms with Gasteiger partial charge in [0.15, 0.2) is 0 Å². The minimum absolute atomic E-state index is 0.155. The van der Waals surface area contributed by atoms with E-state index in [0.29, 0.717) is 42.3 Å². The van der Waals surface area contributed by atoms with Crippen LogP contribution in [0.5, 0.6) is 5.75 Å². The Hall–Kier alpha value is -4.10. The number of carbonyl (C=O) groups is 1. The first kappa shape index (κ1) is 24.6. The molecule has 1 aliphatic rings. The van der Waals surface area contributed by atoms with Crippen molar-refractivity contribution in [2.75, 3.05) is 20.2 Å². The molecule has 0 bridgehead atoms. The van der Waals surface area contributed by atoms with Gasteiger partial charge in [0.25, 0.3) is 11.5 Å². The summed E-state index contributed by atoms with van der Waals surface area (Å²) in [7, 11) is 1.49. The topological polar surface area (TPSA) is 76.7 Å². The summed E-state index contributed by atoms with van der Waals surface area (Å²) in [4.78, 5) is 28.5. The standard InChI is InChI=1S/C30H31N3O4/c1-21-7-3-4-11-25(21)23-9-5-8-22(17-23)20-32-13-12-26-29(30(35)31-19-24-10-6-16-37-24)27(36-2)18-28(34)33(26)15-14-32/h3-11,16-18H,12-15,19-20H2,1-2H3,(H,31,35). The minimum Gasteiger partial charge on any atom is -0.496 e. The van der Waals surface area contributed by atoms with Crippen LogP contribution in [-0.2, 0) is 26.1 Å². The number of amides is 1. The summed E-state index contributed by atoms with van der Waals surface area (Å²) in [6.45, 7) is 5.09. The SMILES string of the molecule is COc1cc(=O)n2c(c1C(=O)NCc1ccco1)CCN(Cc1cccc(-c3ccccc3C)c1)CC2. The lowest BCUT2D eigenvalue weighted by Crippen LogP contribution is -2.31. The van der Waals surface area contributed by atoms with Gasteiger partial charge in [-0.25, -0.2) is 0 Å². The molecule has 37 heavy (non-hydrogen) atoms. The second-order valence-corrected chi connectivity index (χ2v) is 9.33. The summed E-state index contributed by atoms with van der Waals surface area (Å²) < 4.78 is 12.5. The normalized spacial score (nSPS) is 13.6. The van der Waals surface area contributed by atoms with Gasteiger partial charge in [0.05, 0.1) is 19.9 Å². The molecule has 1 aliphatic heterocycles. The van der Waals surface area contributed by atoms with Gasteiger partial charge in [-0.3, -0.25) is 14.5 Å². The Kier molecular flexibility index (Phi) is 7.23. The molecule has 0 radical (unpaired) electrons. The zero-order valence-electron chi connectivity index (χ0n) is 21.2. The monoisotopic (exact) mass is 497 g/mol. The Bertz CT molecular complexity index is 1460. The Balaban J connectivity index is 1.36. The van der Waals surface area contributed by atoms with Gasteiger partial charge >= 0.3 is 0 Å². The first-order valence-corrected chi connectivity index (χ1v) is 12.5. The molecule has 2 aromatic carbocycles. The van der Waals surface area contributed by atoms with Gasteiger partial charge in [-0.1, -0.05) is 42.5 Å². The summed E-state index contributed by atoms with van der Waals surface area (Å²) in [6, 6.07) is 22.0. The highest BCUT2D eigenvalue weighted by atomic mass is 16.5. The Morgan fingerprint density at radius 2 is 1.89 bits per heavy atom. The molecular formula is C30H31N3O4. The van der Waals surface area contributed by atoms with Crippen LogP contribution in [0.25, 0.3) is 11.1 Å². The summed E-state index contributed by atoms with van der Waals surface area (Å²) >= 11 is 0. The predicted octanol–water partition coefficient (Wildman–Crippen LogP) is 4.41. The maximum absolute atomic E-state index is 13.2. The number of ether oxygens (including phenoxy) is 1. The van der Waals surface area contributed by atoms with Crippen LogP contribution >= 0.6 is 0 Å². The van der Waals surface area contributed by atoms with Crippen LogP contribution in [0, 0.1) is 6.92 Å². The number of hydrogen-bond acceptors (Lipinski definition) is 5. The second-order valence-electron chi connectivity index (χ2n) is 9.33. The number of nitrogens with one attached hydrogen (secondary N) is 1. The van der Waals surface area contributed by atoms with Crippen molar-refractivity contribution >= 4 is 5.91 Å². The summed E-state index contributed by atoms with van der Waals surface area (Å²) in [6.07, 6.45) is 2.13. The molecule has 190 valence electrons. The largest absolute Gasteiger partial charge is 0.496 e. The molecule has 0 spiro atoms. The second kappa shape index (κ2) is 10.9. The van der Waals surface area contributed by atoms with Crippen molar-refractivity contribution < 1.29 is 13.9 Å². The van der Waals surface area contributed by atoms with Crippen molar-refractivity contribution in [1.82, 2.24) is 14.8 Å². The minimum atomic E-state index is -0.281. The van der Waals surface area contributed by atoms with Gasteiger partial charge in [0.1, 0.15) is 17.1 Å². The van der Waals surface area contributed by atoms with Crippen LogP contribution in [0.2, 0.25) is 0 Å². The van der Waals surface area contributed by atoms with E-state index in [0.717, 1.165) is 13.1 Å². The smallest absolute Gasteiger partial charge is 0.257 e. The van der Waals surface area contributed by atoms with E-state index < -0.39 is 0 Å². The number of carbonyl (C=O) groups excluding carboxylic acids is 1. The molecule has 7 heteroatoms. The predicted molar refractivity (Wildman–Crippen MR) is 143 cm³/mol. The Morgan fingerprint density at radius 1 is 1.03 bits per heavy atom. The third-order valence-electron chi connectivity index (χ3n) is 6.93. The molecule has 0 aliphatic carbocycles. The summed E-state index contributed by atoms with van der Waals surface area (Å²) in [5.41, 5.74) is 5.86. The maximum Gasteiger partial charge on any atom is 0.257 e. The number of aromatic nitrogens is 1. The molecule has 0 saturated carbocycles. The van der Waals surface area contributed by atoms with Gasteiger partial charge in [-0.15, -0.1) is 0 Å². The zero-order chi connectivity index (χ0) is 25.8. The number of benzene rings is 2. The molecule has 0 fully saturated rings. The van der Waals surface area contributed by atoms with E-state index in [1.165, 1.54) is 35.4 Å². The van der Waals surface area contributed by atoms with Gasteiger partial charge in [0.2, 0.25) is 0 Å². The summed E-state index contributed by atoms with van der Waals surface area (Å²) in [5.74, 6) is 0.676. The number of methoxy groups -OCH3 is 1. The van der Waals surface area contributed by atoms with Gasteiger partial charge in [-0.05, 0) is 47.4 Å². The van der Waals surface area contributed by atoms with E-state index in [4.69, 9.17) is 9.15 Å². The molecule has 2 aromatic heterocycles. The molecule has 0 unspecified atom stereocenters. The highest BCUT2D eigenvalue weighted by Crippen LogP contribution is 2.26. The Labute approximate surface area is 216 Å². The third-order valence-corrected chi connectivity index (χ3v) is 6.93. The van der Waals surface area contributed by atoms with Crippen molar-refractivity contribution in [3.05, 3.63) is 111 Å². The van der Waals surface area contributed by atoms with E-state index in [-0.39, 0.29) is 18.0 Å². The average Bonchev–Trinajstić information content (AvgIpc) is 3.35. The summed E-state index contributed by atoms with van der Waals surface area (Å²) in [5, 5.41) is 2.90. The van der Waals surface area contributed by atoms with Crippen LogP contribution in [0.4, 0.5) is 0 Å². The number of fused-ring (bicyclic) bond motifs is 1. The van der Waals surface area contributed by atoms with Crippen molar-refractivity contribution in [2.45, 2.75) is 33.0 Å². The molecule has 1 N–H and O–H groups in total. The number of rotatable bonds is 7. The van der Waals surface area contributed by atoms with Gasteiger partial charge in [0, 0.05) is 44.4 Å². The van der Waals surface area contributed by atoms with Crippen molar-refractivity contribution in [3.63, 3.8) is 0 Å². The average molecular weight is 498 g/mol. The maximum atomic E-state index is 13.2. The molecule has 5 rings (SSSR count). The molecule has 4 aromatic rings. The fourth-order valence-electron chi connectivity index (χ4n) is 5.02. The van der Waals surface area contributed by atoms with Crippen molar-refractivity contribution in [1.29, 1.82) is 0 Å². The number of nitrogens with zero attached hydrogens (tertiary/aromatic N) is 2. The molecule has 7 nitrogen and oxygen atoms in total. The third kappa shape index (κ3) is 5.37. The van der Waals surface area contributed by atoms with Crippen LogP contribution in [0.3, 0.4) is 0 Å². The fourth-order valence-corrected chi connectivity index (χ4v) is 5.02. The van der Waals surface area contributed by atoms with E-state index in [1.54, 1.807) is 23.0 Å². The molecule has 3 heterocycles. The van der Waals surface area contributed by atoms with Crippen LogP contribution in [0.1, 0.15) is 32.9 Å². The number of pyridine rings is 1. The molecule has 1 amide bonds. The lowest BCUT2D eigenvalue weighted by Gasteiger charge is -2.20. The Morgan fingerprint density at radius 3 is 2.68 bits per heavy atom. The van der Waals surface area contributed by atoms with Gasteiger partial charge < -0.3 is 19.0 Å². The first-order chi connectivity index (χ1) is 18.0. The van der Waals surface area contributed by atoms with Gasteiger partial charge in [-0.2, -0.15) is 0 Å². The van der Waals surface area contributed by atoms with Crippen molar-refractivity contribution in [2.24, 2.45) is 0 Å². The lowest BCUT2D eigenvalue weighted by molar-refractivity contribution is 0.0942. The number of furan rings is 1. The quantitative estimate of drug-likeness (QED) is 0.409. The van der Waals surface area contributed by atoms with E-state index >= 15 is 0 Å². The van der Waals surface area contributed by atoms with E-state index in [9.17, 15) is 9.59 Å². The first-order valence-electron chi connectivity index (χ1n) is 12.5. The van der Waals surface area contributed by atoms with Crippen LogP contribution < -0.4 is 15.6 Å². The number of aryl methyl sites for hydroxylation is 1. The molecular weight excluding hydrogens is 466 g/mol. The van der Waals surface area contributed by atoms with E-state index in [1.807, 2.05) is 0 Å². The zero-order valence-corrected chi connectivity index (χ0v) is 21.2. The molecule has 0 atom stereocenters. The highest BCUT2D eigenvalue weighted by molar-refractivity contribution is 5.98. The fraction of sp³-hybridized carbons (Fsp3) is 0.267. The van der Waals surface area contributed by atoms with Crippen molar-refractivity contribution in [3.8, 4) is 16.9 Å². The van der Waals surface area contributed by atoms with Crippen LogP contribution in [-0.4, -0.2) is 35.6 Å². The highest BCUT2D eigenvalue weighted by Gasteiger charge is 2.25. The van der Waals surface area contributed by atoms with E-state index in [2.05, 4.69) is 65.7 Å².